The normalized spacial score (nSPS) is 11.2. The van der Waals surface area contributed by atoms with Crippen LogP contribution in [0, 0.1) is 5.92 Å². The van der Waals surface area contributed by atoms with E-state index in [1.807, 2.05) is 0 Å². The van der Waals surface area contributed by atoms with Gasteiger partial charge in [0.1, 0.15) is 6.29 Å². The SMILES string of the molecule is CC(C)COCCOCCOCCOCCOCCC=O. The lowest BCUT2D eigenvalue weighted by molar-refractivity contribution is -0.108. The summed E-state index contributed by atoms with van der Waals surface area (Å²) in [5, 5.41) is 0. The minimum absolute atomic E-state index is 0.436. The molecule has 0 saturated heterocycles. The van der Waals surface area contributed by atoms with Crippen molar-refractivity contribution in [1.82, 2.24) is 0 Å². The number of aldehydes is 1. The smallest absolute Gasteiger partial charge is 0.122 e. The molecular formula is C15H30O6. The number of hydrogen-bond acceptors (Lipinski definition) is 6. The Morgan fingerprint density at radius 2 is 1.05 bits per heavy atom. The van der Waals surface area contributed by atoms with Crippen LogP contribution in [0.5, 0.6) is 0 Å². The van der Waals surface area contributed by atoms with Crippen LogP contribution >= 0.6 is 0 Å². The Hall–Kier alpha value is -0.530. The van der Waals surface area contributed by atoms with Crippen LogP contribution in [0.1, 0.15) is 20.3 Å². The predicted molar refractivity (Wildman–Crippen MR) is 79.6 cm³/mol. The fourth-order valence-electron chi connectivity index (χ4n) is 1.33. The molecule has 0 heterocycles. The van der Waals surface area contributed by atoms with Crippen molar-refractivity contribution in [2.45, 2.75) is 20.3 Å². The van der Waals surface area contributed by atoms with Gasteiger partial charge in [-0.15, -0.1) is 0 Å². The van der Waals surface area contributed by atoms with E-state index in [0.29, 0.717) is 71.8 Å². The molecule has 6 nitrogen and oxygen atoms in total. The molecule has 0 aromatic rings. The van der Waals surface area contributed by atoms with Gasteiger partial charge < -0.3 is 28.5 Å². The summed E-state index contributed by atoms with van der Waals surface area (Å²) in [5.74, 6) is 0.559. The fraction of sp³-hybridized carbons (Fsp3) is 0.933. The van der Waals surface area contributed by atoms with Gasteiger partial charge in [0.25, 0.3) is 0 Å². The standard InChI is InChI=1S/C15H30O6/c1-15(2)14-21-13-12-20-11-10-19-9-8-18-7-6-17-5-3-4-16/h4,15H,3,5-14H2,1-2H3. The molecule has 0 rings (SSSR count). The molecule has 0 fully saturated rings. The molecule has 0 aliphatic rings. The molecule has 0 atom stereocenters. The summed E-state index contributed by atoms with van der Waals surface area (Å²) in [7, 11) is 0. The number of hydrogen-bond donors (Lipinski definition) is 0. The van der Waals surface area contributed by atoms with Gasteiger partial charge in [-0.05, 0) is 5.92 Å². The lowest BCUT2D eigenvalue weighted by Crippen LogP contribution is -2.14. The second-order valence-corrected chi connectivity index (χ2v) is 4.87. The molecule has 0 bridgehead atoms. The van der Waals surface area contributed by atoms with E-state index in [2.05, 4.69) is 13.8 Å². The highest BCUT2D eigenvalue weighted by atomic mass is 16.6. The molecular weight excluding hydrogens is 276 g/mol. The Bertz CT molecular complexity index is 210. The van der Waals surface area contributed by atoms with Crippen molar-refractivity contribution in [1.29, 1.82) is 0 Å². The van der Waals surface area contributed by atoms with Gasteiger partial charge in [0.15, 0.2) is 0 Å². The lowest BCUT2D eigenvalue weighted by atomic mass is 10.2. The van der Waals surface area contributed by atoms with Crippen molar-refractivity contribution in [3.63, 3.8) is 0 Å². The predicted octanol–water partition coefficient (Wildman–Crippen LogP) is 1.31. The molecule has 21 heavy (non-hydrogen) atoms. The Balaban J connectivity index is 2.95. The second kappa shape index (κ2) is 17.5. The zero-order chi connectivity index (χ0) is 15.6. The van der Waals surface area contributed by atoms with E-state index < -0.39 is 0 Å². The largest absolute Gasteiger partial charge is 0.379 e. The first-order chi connectivity index (χ1) is 10.3. The molecule has 0 radical (unpaired) electrons. The topological polar surface area (TPSA) is 63.2 Å². The molecule has 0 aromatic heterocycles. The zero-order valence-corrected chi connectivity index (χ0v) is 13.4. The van der Waals surface area contributed by atoms with Crippen LogP contribution in [0.3, 0.4) is 0 Å². The highest BCUT2D eigenvalue weighted by Crippen LogP contribution is 1.91. The van der Waals surface area contributed by atoms with Gasteiger partial charge in [-0.25, -0.2) is 0 Å². The minimum atomic E-state index is 0.436. The third kappa shape index (κ3) is 19.5. The summed E-state index contributed by atoms with van der Waals surface area (Å²) >= 11 is 0. The van der Waals surface area contributed by atoms with E-state index in [9.17, 15) is 4.79 Å². The van der Waals surface area contributed by atoms with Gasteiger partial charge in [0, 0.05) is 13.0 Å². The van der Waals surface area contributed by atoms with Gasteiger partial charge in [-0.2, -0.15) is 0 Å². The van der Waals surface area contributed by atoms with E-state index in [0.717, 1.165) is 12.9 Å². The summed E-state index contributed by atoms with van der Waals surface area (Å²) in [6.07, 6.45) is 1.28. The molecule has 0 aliphatic carbocycles. The Morgan fingerprint density at radius 1 is 0.667 bits per heavy atom. The van der Waals surface area contributed by atoms with Gasteiger partial charge in [-0.3, -0.25) is 0 Å². The molecule has 0 amide bonds. The third-order valence-electron chi connectivity index (χ3n) is 2.32. The van der Waals surface area contributed by atoms with Crippen molar-refractivity contribution in [3.8, 4) is 0 Å². The average Bonchev–Trinajstić information content (AvgIpc) is 2.46. The van der Waals surface area contributed by atoms with Gasteiger partial charge in [0.2, 0.25) is 0 Å². The first-order valence-electron chi connectivity index (χ1n) is 7.59. The van der Waals surface area contributed by atoms with Gasteiger partial charge in [-0.1, -0.05) is 13.8 Å². The van der Waals surface area contributed by atoms with E-state index in [1.54, 1.807) is 0 Å². The van der Waals surface area contributed by atoms with Crippen LogP contribution in [0.25, 0.3) is 0 Å². The van der Waals surface area contributed by atoms with Crippen LogP contribution in [0.4, 0.5) is 0 Å². The number of carbonyl (C=O) groups is 1. The number of ether oxygens (including phenoxy) is 5. The van der Waals surface area contributed by atoms with E-state index in [1.165, 1.54) is 0 Å². The molecule has 0 spiro atoms. The Labute approximate surface area is 128 Å². The van der Waals surface area contributed by atoms with Gasteiger partial charge >= 0.3 is 0 Å². The quantitative estimate of drug-likeness (QED) is 0.298. The van der Waals surface area contributed by atoms with E-state index in [-0.39, 0.29) is 0 Å². The second-order valence-electron chi connectivity index (χ2n) is 4.87. The van der Waals surface area contributed by atoms with Crippen molar-refractivity contribution in [2.75, 3.05) is 66.1 Å². The zero-order valence-electron chi connectivity index (χ0n) is 13.4. The summed E-state index contributed by atoms with van der Waals surface area (Å²) in [5.41, 5.74) is 0. The van der Waals surface area contributed by atoms with E-state index in [4.69, 9.17) is 23.7 Å². The van der Waals surface area contributed by atoms with Crippen molar-refractivity contribution < 1.29 is 28.5 Å². The molecule has 0 unspecified atom stereocenters. The first-order valence-corrected chi connectivity index (χ1v) is 7.59. The summed E-state index contributed by atoms with van der Waals surface area (Å²) in [4.78, 5) is 10.0. The van der Waals surface area contributed by atoms with E-state index >= 15 is 0 Å². The maximum absolute atomic E-state index is 10.0. The molecule has 0 aliphatic heterocycles. The first kappa shape index (κ1) is 20.5. The fourth-order valence-corrected chi connectivity index (χ4v) is 1.33. The highest BCUT2D eigenvalue weighted by Gasteiger charge is 1.95. The molecule has 0 saturated carbocycles. The minimum Gasteiger partial charge on any atom is -0.379 e. The maximum Gasteiger partial charge on any atom is 0.122 e. The van der Waals surface area contributed by atoms with Gasteiger partial charge in [0.05, 0.1) is 59.5 Å². The summed E-state index contributed by atoms with van der Waals surface area (Å²) in [6.45, 7) is 9.94. The van der Waals surface area contributed by atoms with Crippen LogP contribution in [0.2, 0.25) is 0 Å². The average molecular weight is 306 g/mol. The molecule has 0 N–H and O–H groups in total. The van der Waals surface area contributed by atoms with Crippen molar-refractivity contribution in [3.05, 3.63) is 0 Å². The van der Waals surface area contributed by atoms with Crippen LogP contribution in [-0.4, -0.2) is 72.4 Å². The molecule has 126 valence electrons. The molecule has 0 aromatic carbocycles. The summed E-state index contributed by atoms with van der Waals surface area (Å²) in [6, 6.07) is 0. The van der Waals surface area contributed by atoms with Crippen LogP contribution in [-0.2, 0) is 28.5 Å². The molecule has 6 heteroatoms. The van der Waals surface area contributed by atoms with Crippen molar-refractivity contribution in [2.24, 2.45) is 5.92 Å². The maximum atomic E-state index is 10.0. The van der Waals surface area contributed by atoms with Crippen LogP contribution < -0.4 is 0 Å². The third-order valence-corrected chi connectivity index (χ3v) is 2.32. The highest BCUT2D eigenvalue weighted by molar-refractivity contribution is 5.49. The number of rotatable bonds is 17. The lowest BCUT2D eigenvalue weighted by Gasteiger charge is -2.08. The van der Waals surface area contributed by atoms with Crippen molar-refractivity contribution >= 4 is 6.29 Å². The van der Waals surface area contributed by atoms with Crippen LogP contribution in [0.15, 0.2) is 0 Å². The monoisotopic (exact) mass is 306 g/mol. The number of carbonyl (C=O) groups excluding carboxylic acids is 1. The Morgan fingerprint density at radius 3 is 1.43 bits per heavy atom. The summed E-state index contributed by atoms with van der Waals surface area (Å²) < 4.78 is 26.5. The Kier molecular flexibility index (Phi) is 17.1.